The van der Waals surface area contributed by atoms with Crippen molar-refractivity contribution in [1.82, 2.24) is 9.55 Å². The van der Waals surface area contributed by atoms with Crippen molar-refractivity contribution in [2.45, 2.75) is 6.54 Å². The van der Waals surface area contributed by atoms with Gasteiger partial charge in [0.05, 0.1) is 17.6 Å². The molecule has 0 bridgehead atoms. The predicted molar refractivity (Wildman–Crippen MR) is 87.4 cm³/mol. The van der Waals surface area contributed by atoms with Gasteiger partial charge in [-0.05, 0) is 42.0 Å². The molecule has 2 heterocycles. The lowest BCUT2D eigenvalue weighted by Gasteiger charge is -2.06. The van der Waals surface area contributed by atoms with Gasteiger partial charge in [-0.1, -0.05) is 6.08 Å². The zero-order valence-corrected chi connectivity index (χ0v) is 12.6. The third-order valence-electron chi connectivity index (χ3n) is 3.12. The number of hydrogen-bond acceptors (Lipinski definition) is 3. The first kappa shape index (κ1) is 14.4. The zero-order chi connectivity index (χ0) is 15.4. The molecule has 0 aliphatic rings. The van der Waals surface area contributed by atoms with E-state index in [1.165, 1.54) is 23.5 Å². The van der Waals surface area contributed by atoms with Gasteiger partial charge in [-0.2, -0.15) is 0 Å². The van der Waals surface area contributed by atoms with Gasteiger partial charge < -0.3 is 4.57 Å². The molecule has 22 heavy (non-hydrogen) atoms. The summed E-state index contributed by atoms with van der Waals surface area (Å²) in [5.41, 5.74) is 2.74. The van der Waals surface area contributed by atoms with Crippen LogP contribution in [-0.4, -0.2) is 9.55 Å². The molecule has 0 fully saturated rings. The topological polar surface area (TPSA) is 30.2 Å². The summed E-state index contributed by atoms with van der Waals surface area (Å²) in [6.07, 6.45) is 5.26. The highest BCUT2D eigenvalue weighted by molar-refractivity contribution is 7.07. The van der Waals surface area contributed by atoms with Crippen LogP contribution in [-0.2, 0) is 6.54 Å². The second-order valence-electron chi connectivity index (χ2n) is 4.63. The number of allylic oxidation sites excluding steroid dienone is 1. The lowest BCUT2D eigenvalue weighted by Crippen LogP contribution is -2.14. The molecule has 0 saturated heterocycles. The molecule has 3 rings (SSSR count). The van der Waals surface area contributed by atoms with Crippen LogP contribution >= 0.6 is 11.3 Å². The van der Waals surface area contributed by atoms with Gasteiger partial charge in [-0.15, -0.1) is 17.9 Å². The molecule has 3 aromatic rings. The lowest BCUT2D eigenvalue weighted by atomic mass is 10.2. The number of rotatable bonds is 4. The Hall–Kier alpha value is -2.53. The maximum atomic E-state index is 13.1. The zero-order valence-electron chi connectivity index (χ0n) is 11.8. The van der Waals surface area contributed by atoms with Crippen LogP contribution in [0.25, 0.3) is 11.3 Å². The quantitative estimate of drug-likeness (QED) is 0.665. The predicted octanol–water partition coefficient (Wildman–Crippen LogP) is 4.17. The third-order valence-corrected chi connectivity index (χ3v) is 3.98. The number of aromatic nitrogens is 2. The summed E-state index contributed by atoms with van der Waals surface area (Å²) in [4.78, 5) is 9.55. The molecular weight excluding hydrogens is 297 g/mol. The fourth-order valence-electron chi connectivity index (χ4n) is 2.11. The van der Waals surface area contributed by atoms with Gasteiger partial charge in [-0.25, -0.2) is 9.38 Å². The van der Waals surface area contributed by atoms with Gasteiger partial charge >= 0.3 is 0 Å². The van der Waals surface area contributed by atoms with Crippen molar-refractivity contribution in [3.63, 3.8) is 0 Å². The molecule has 5 heteroatoms. The highest BCUT2D eigenvalue weighted by Crippen LogP contribution is 2.21. The summed E-state index contributed by atoms with van der Waals surface area (Å²) in [5, 5.41) is 2.02. The van der Waals surface area contributed by atoms with Gasteiger partial charge in [-0.3, -0.25) is 4.98 Å². The molecule has 1 aromatic carbocycles. The molecule has 0 amide bonds. The summed E-state index contributed by atoms with van der Waals surface area (Å²) >= 11 is 1.54. The molecule has 0 spiro atoms. The lowest BCUT2D eigenvalue weighted by molar-refractivity contribution is 0.628. The van der Waals surface area contributed by atoms with Crippen LogP contribution < -0.4 is 4.80 Å². The first-order valence-electron chi connectivity index (χ1n) is 6.78. The van der Waals surface area contributed by atoms with Crippen LogP contribution in [0.4, 0.5) is 10.1 Å². The first-order valence-corrected chi connectivity index (χ1v) is 7.66. The van der Waals surface area contributed by atoms with Gasteiger partial charge in [0, 0.05) is 18.1 Å². The van der Waals surface area contributed by atoms with E-state index in [0.717, 1.165) is 21.7 Å². The van der Waals surface area contributed by atoms with Crippen molar-refractivity contribution >= 4 is 17.0 Å². The van der Waals surface area contributed by atoms with E-state index in [1.807, 2.05) is 23.6 Å². The van der Waals surface area contributed by atoms with E-state index in [9.17, 15) is 4.39 Å². The Morgan fingerprint density at radius 1 is 1.27 bits per heavy atom. The van der Waals surface area contributed by atoms with Gasteiger partial charge in [0.2, 0.25) is 0 Å². The fraction of sp³-hybridized carbons (Fsp3) is 0.0588. The summed E-state index contributed by atoms with van der Waals surface area (Å²) in [6, 6.07) is 10.2. The Kier molecular flexibility index (Phi) is 4.25. The second-order valence-corrected chi connectivity index (χ2v) is 5.47. The van der Waals surface area contributed by atoms with Gasteiger partial charge in [0.25, 0.3) is 0 Å². The molecule has 2 aromatic heterocycles. The standard InChI is InChI=1S/C17H14FN3S/c1-2-10-21-16(13-5-7-14(18)8-6-13)12-22-17(21)20-15-4-3-9-19-11-15/h2-9,11-12H,1,10H2. The average Bonchev–Trinajstić information content (AvgIpc) is 2.92. The molecule has 3 nitrogen and oxygen atoms in total. The van der Waals surface area contributed by atoms with Crippen LogP contribution in [0, 0.1) is 5.82 Å². The minimum absolute atomic E-state index is 0.241. The van der Waals surface area contributed by atoms with E-state index < -0.39 is 0 Å². The Balaban J connectivity index is 2.11. The van der Waals surface area contributed by atoms with Crippen LogP contribution in [0.15, 0.2) is 71.8 Å². The fourth-order valence-corrected chi connectivity index (χ4v) is 3.04. The van der Waals surface area contributed by atoms with Crippen LogP contribution in [0.3, 0.4) is 0 Å². The number of thiazole rings is 1. The second kappa shape index (κ2) is 6.49. The summed E-state index contributed by atoms with van der Waals surface area (Å²) in [6.45, 7) is 4.44. The van der Waals surface area contributed by atoms with Crippen LogP contribution in [0.1, 0.15) is 0 Å². The Morgan fingerprint density at radius 2 is 2.09 bits per heavy atom. The van der Waals surface area contributed by atoms with Gasteiger partial charge in [0.1, 0.15) is 5.82 Å². The monoisotopic (exact) mass is 311 g/mol. The average molecular weight is 311 g/mol. The highest BCUT2D eigenvalue weighted by Gasteiger charge is 2.07. The minimum Gasteiger partial charge on any atom is -0.313 e. The molecule has 0 saturated carbocycles. The van der Waals surface area contributed by atoms with Crippen molar-refractivity contribution in [3.8, 4) is 11.3 Å². The maximum Gasteiger partial charge on any atom is 0.190 e. The summed E-state index contributed by atoms with van der Waals surface area (Å²) < 4.78 is 15.2. The minimum atomic E-state index is -0.241. The van der Waals surface area contributed by atoms with E-state index >= 15 is 0 Å². The normalized spacial score (nSPS) is 11.6. The maximum absolute atomic E-state index is 13.1. The largest absolute Gasteiger partial charge is 0.313 e. The molecule has 0 aliphatic carbocycles. The number of hydrogen-bond donors (Lipinski definition) is 0. The van der Waals surface area contributed by atoms with Gasteiger partial charge in [0.15, 0.2) is 4.80 Å². The van der Waals surface area contributed by atoms with Crippen molar-refractivity contribution in [2.75, 3.05) is 0 Å². The molecule has 110 valence electrons. The van der Waals surface area contributed by atoms with Crippen LogP contribution in [0.2, 0.25) is 0 Å². The van der Waals surface area contributed by atoms with E-state index in [0.29, 0.717) is 6.54 Å². The number of benzene rings is 1. The van der Waals surface area contributed by atoms with Crippen molar-refractivity contribution in [2.24, 2.45) is 4.99 Å². The Labute approximate surface area is 131 Å². The number of pyridine rings is 1. The van der Waals surface area contributed by atoms with Crippen LogP contribution in [0.5, 0.6) is 0 Å². The van der Waals surface area contributed by atoms with E-state index in [4.69, 9.17) is 0 Å². The number of halogens is 1. The SMILES string of the molecule is C=CCn1c(-c2ccc(F)cc2)csc1=Nc1cccnc1. The highest BCUT2D eigenvalue weighted by atomic mass is 32.1. The summed E-state index contributed by atoms with van der Waals surface area (Å²) in [7, 11) is 0. The van der Waals surface area contributed by atoms with E-state index in [-0.39, 0.29) is 5.82 Å². The number of nitrogens with zero attached hydrogens (tertiary/aromatic N) is 3. The van der Waals surface area contributed by atoms with E-state index in [2.05, 4.69) is 21.1 Å². The van der Waals surface area contributed by atoms with Crippen molar-refractivity contribution in [3.05, 3.63) is 77.4 Å². The molecular formula is C17H14FN3S. The molecule has 0 unspecified atom stereocenters. The Bertz CT molecular complexity index is 832. The van der Waals surface area contributed by atoms with E-state index in [1.54, 1.807) is 24.5 Å². The molecule has 0 N–H and O–H groups in total. The molecule has 0 aliphatic heterocycles. The third kappa shape index (κ3) is 3.04. The van der Waals surface area contributed by atoms with Crippen molar-refractivity contribution < 1.29 is 4.39 Å². The summed E-state index contributed by atoms with van der Waals surface area (Å²) in [5.74, 6) is -0.241. The Morgan fingerprint density at radius 3 is 2.77 bits per heavy atom. The van der Waals surface area contributed by atoms with Crippen molar-refractivity contribution in [1.29, 1.82) is 0 Å². The molecule has 0 radical (unpaired) electrons. The smallest absolute Gasteiger partial charge is 0.190 e. The first-order chi connectivity index (χ1) is 10.8. The molecule has 0 atom stereocenters.